The molecular weight excluding hydrogens is 390 g/mol. The predicted molar refractivity (Wildman–Crippen MR) is 122 cm³/mol. The lowest BCUT2D eigenvalue weighted by Crippen LogP contribution is -2.49. The van der Waals surface area contributed by atoms with E-state index in [1.165, 1.54) is 0 Å². The Bertz CT molecular complexity index is 927. The molecule has 1 amide bonds. The molecule has 7 nitrogen and oxygen atoms in total. The number of para-hydroxylation sites is 1. The molecule has 1 aromatic rings. The van der Waals surface area contributed by atoms with E-state index < -0.39 is 5.91 Å². The molecule has 1 fully saturated rings. The van der Waals surface area contributed by atoms with Crippen LogP contribution < -0.4 is 26.8 Å². The summed E-state index contributed by atoms with van der Waals surface area (Å²) < 4.78 is 5.92. The molecule has 1 aliphatic carbocycles. The first-order valence-electron chi connectivity index (χ1n) is 11.1. The van der Waals surface area contributed by atoms with Crippen LogP contribution in [0.1, 0.15) is 32.1 Å². The number of nitrogens with zero attached hydrogens (tertiary/aromatic N) is 1. The largest absolute Gasteiger partial charge is 0.462 e. The fourth-order valence-corrected chi connectivity index (χ4v) is 4.47. The third kappa shape index (κ3) is 5.17. The van der Waals surface area contributed by atoms with Crippen LogP contribution in [0.2, 0.25) is 0 Å². The van der Waals surface area contributed by atoms with Crippen LogP contribution in [-0.4, -0.2) is 37.4 Å². The Kier molecular flexibility index (Phi) is 6.72. The molecular formula is C24H31N5O2. The van der Waals surface area contributed by atoms with Gasteiger partial charge in [0.15, 0.2) is 0 Å². The summed E-state index contributed by atoms with van der Waals surface area (Å²) in [6.45, 7) is 2.74. The fourth-order valence-electron chi connectivity index (χ4n) is 4.47. The van der Waals surface area contributed by atoms with Gasteiger partial charge in [0.05, 0.1) is 5.70 Å². The minimum Gasteiger partial charge on any atom is -0.462 e. The van der Waals surface area contributed by atoms with Gasteiger partial charge in [-0.05, 0) is 68.5 Å². The minimum absolute atomic E-state index is 0.294. The number of aliphatic imine (C=N–C) groups is 1. The number of nitrogens with two attached hydrogens (primary N) is 2. The molecule has 3 aliphatic rings. The predicted octanol–water partition coefficient (Wildman–Crippen LogP) is 2.13. The van der Waals surface area contributed by atoms with Crippen molar-refractivity contribution in [3.05, 3.63) is 65.1 Å². The smallest absolute Gasteiger partial charge is 0.254 e. The lowest BCUT2D eigenvalue weighted by Gasteiger charge is -2.34. The van der Waals surface area contributed by atoms with Crippen LogP contribution >= 0.6 is 0 Å². The maximum atomic E-state index is 12.4. The third-order valence-electron chi connectivity index (χ3n) is 6.19. The molecule has 6 N–H and O–H groups in total. The number of carbonyl (C=O) groups is 1. The van der Waals surface area contributed by atoms with Gasteiger partial charge >= 0.3 is 0 Å². The number of rotatable bonds is 6. The third-order valence-corrected chi connectivity index (χ3v) is 6.19. The minimum atomic E-state index is -0.550. The normalized spacial score (nSPS) is 23.0. The SMILES string of the molecule is NC(=O)C(C1=NCC[C@@H](C2CCNCC2)N1)=C(N)C1=CC=C(Oc2ccccc2)CC1. The van der Waals surface area contributed by atoms with E-state index in [2.05, 4.69) is 15.6 Å². The Morgan fingerprint density at radius 1 is 1.03 bits per heavy atom. The zero-order valence-electron chi connectivity index (χ0n) is 17.8. The molecule has 7 heteroatoms. The number of nitrogens with one attached hydrogen (secondary N) is 2. The maximum Gasteiger partial charge on any atom is 0.254 e. The van der Waals surface area contributed by atoms with Gasteiger partial charge in [-0.2, -0.15) is 0 Å². The Balaban J connectivity index is 1.52. The molecule has 1 saturated heterocycles. The highest BCUT2D eigenvalue weighted by atomic mass is 16.5. The van der Waals surface area contributed by atoms with E-state index in [0.29, 0.717) is 48.5 Å². The molecule has 0 aromatic heterocycles. The van der Waals surface area contributed by atoms with Crippen molar-refractivity contribution >= 4 is 11.7 Å². The second kappa shape index (κ2) is 9.83. The number of amidine groups is 1. The van der Waals surface area contributed by atoms with Crippen molar-refractivity contribution in [3.8, 4) is 5.75 Å². The van der Waals surface area contributed by atoms with E-state index >= 15 is 0 Å². The first-order chi connectivity index (χ1) is 15.1. The van der Waals surface area contributed by atoms with E-state index in [1.807, 2.05) is 42.5 Å². The van der Waals surface area contributed by atoms with Crippen LogP contribution in [0.15, 0.2) is 70.1 Å². The molecule has 1 atom stereocenters. The molecule has 1 aromatic carbocycles. The molecule has 164 valence electrons. The van der Waals surface area contributed by atoms with Crippen molar-refractivity contribution in [2.45, 2.75) is 38.1 Å². The Morgan fingerprint density at radius 3 is 2.48 bits per heavy atom. The molecule has 4 rings (SSSR count). The quantitative estimate of drug-likeness (QED) is 0.525. The van der Waals surface area contributed by atoms with Gasteiger partial charge in [0.1, 0.15) is 22.9 Å². The highest BCUT2D eigenvalue weighted by Crippen LogP contribution is 2.27. The molecule has 0 radical (unpaired) electrons. The molecule has 0 spiro atoms. The Hall–Kier alpha value is -3.06. The standard InChI is InChI=1S/C24H31N5O2/c25-22(17-6-8-19(9-7-17)31-18-4-2-1-3-5-18)21(23(26)30)24-28-15-12-20(29-24)16-10-13-27-14-11-16/h1-6,8,16,20,27H,7,9-15,25H2,(H2,26,30)(H,28,29)/t20-/m0/s1. The summed E-state index contributed by atoms with van der Waals surface area (Å²) in [6, 6.07) is 9.97. The summed E-state index contributed by atoms with van der Waals surface area (Å²) in [4.78, 5) is 16.9. The van der Waals surface area contributed by atoms with Crippen molar-refractivity contribution in [1.82, 2.24) is 10.6 Å². The highest BCUT2D eigenvalue weighted by Gasteiger charge is 2.30. The van der Waals surface area contributed by atoms with Crippen molar-refractivity contribution in [1.29, 1.82) is 0 Å². The van der Waals surface area contributed by atoms with Crippen molar-refractivity contribution in [2.24, 2.45) is 22.4 Å². The number of ether oxygens (including phenoxy) is 1. The van der Waals surface area contributed by atoms with Crippen molar-refractivity contribution < 1.29 is 9.53 Å². The number of primary amides is 1. The Morgan fingerprint density at radius 2 is 1.81 bits per heavy atom. The summed E-state index contributed by atoms with van der Waals surface area (Å²) in [5.74, 6) is 2.22. The zero-order valence-corrected chi connectivity index (χ0v) is 17.8. The summed E-state index contributed by atoms with van der Waals surface area (Å²) in [5.41, 5.74) is 13.8. The van der Waals surface area contributed by atoms with Crippen LogP contribution in [-0.2, 0) is 4.79 Å². The topological polar surface area (TPSA) is 115 Å². The Labute approximate surface area is 183 Å². The van der Waals surface area contributed by atoms with E-state index in [4.69, 9.17) is 16.2 Å². The summed E-state index contributed by atoms with van der Waals surface area (Å²) in [6.07, 6.45) is 8.40. The van der Waals surface area contributed by atoms with Gasteiger partial charge in [0.2, 0.25) is 0 Å². The number of hydrogen-bond acceptors (Lipinski definition) is 6. The van der Waals surface area contributed by atoms with E-state index in [0.717, 1.165) is 49.4 Å². The number of amides is 1. The van der Waals surface area contributed by atoms with E-state index in [-0.39, 0.29) is 0 Å². The monoisotopic (exact) mass is 421 g/mol. The van der Waals surface area contributed by atoms with Gasteiger partial charge in [-0.25, -0.2) is 0 Å². The first-order valence-corrected chi connectivity index (χ1v) is 11.1. The first kappa shape index (κ1) is 21.2. The van der Waals surface area contributed by atoms with Crippen LogP contribution in [0, 0.1) is 5.92 Å². The van der Waals surface area contributed by atoms with Gasteiger partial charge in [-0.15, -0.1) is 0 Å². The number of carbonyl (C=O) groups excluding carboxylic acids is 1. The number of piperidine rings is 1. The fraction of sp³-hybridized carbons (Fsp3) is 0.417. The second-order valence-electron chi connectivity index (χ2n) is 8.25. The second-order valence-corrected chi connectivity index (χ2v) is 8.25. The van der Waals surface area contributed by atoms with E-state index in [9.17, 15) is 4.79 Å². The molecule has 2 heterocycles. The van der Waals surface area contributed by atoms with Crippen LogP contribution in [0.25, 0.3) is 0 Å². The van der Waals surface area contributed by atoms with Gasteiger partial charge in [-0.1, -0.05) is 24.3 Å². The van der Waals surface area contributed by atoms with Crippen LogP contribution in [0.3, 0.4) is 0 Å². The zero-order chi connectivity index (χ0) is 21.6. The van der Waals surface area contributed by atoms with Crippen LogP contribution in [0.5, 0.6) is 5.75 Å². The molecule has 2 aliphatic heterocycles. The number of allylic oxidation sites excluding steroid dienone is 4. The molecule has 0 bridgehead atoms. The lowest BCUT2D eigenvalue weighted by atomic mass is 9.87. The summed E-state index contributed by atoms with van der Waals surface area (Å²) >= 11 is 0. The van der Waals surface area contributed by atoms with Crippen molar-refractivity contribution in [3.63, 3.8) is 0 Å². The van der Waals surface area contributed by atoms with Gasteiger partial charge < -0.3 is 26.8 Å². The average molecular weight is 422 g/mol. The average Bonchev–Trinajstić information content (AvgIpc) is 2.81. The maximum absolute atomic E-state index is 12.4. The van der Waals surface area contributed by atoms with Gasteiger partial charge in [-0.3, -0.25) is 9.79 Å². The lowest BCUT2D eigenvalue weighted by molar-refractivity contribution is -0.114. The number of hydrogen-bond donors (Lipinski definition) is 4. The summed E-state index contributed by atoms with van der Waals surface area (Å²) in [7, 11) is 0. The van der Waals surface area contributed by atoms with Gasteiger partial charge in [0, 0.05) is 19.0 Å². The highest BCUT2D eigenvalue weighted by molar-refractivity contribution is 6.21. The van der Waals surface area contributed by atoms with Crippen molar-refractivity contribution in [2.75, 3.05) is 19.6 Å². The van der Waals surface area contributed by atoms with Crippen LogP contribution in [0.4, 0.5) is 0 Å². The number of benzene rings is 1. The molecule has 0 saturated carbocycles. The molecule has 0 unspecified atom stereocenters. The van der Waals surface area contributed by atoms with Gasteiger partial charge in [0.25, 0.3) is 5.91 Å². The molecule has 31 heavy (non-hydrogen) atoms. The summed E-state index contributed by atoms with van der Waals surface area (Å²) in [5, 5.41) is 6.88. The van der Waals surface area contributed by atoms with E-state index in [1.54, 1.807) is 0 Å².